The molecule has 1 aliphatic carbocycles. The molecule has 2 aliphatic rings. The summed E-state index contributed by atoms with van der Waals surface area (Å²) < 4.78 is 5.62. The van der Waals surface area contributed by atoms with Crippen LogP contribution < -0.4 is 5.32 Å². The van der Waals surface area contributed by atoms with Crippen LogP contribution in [0.15, 0.2) is 48.5 Å². The Hall–Kier alpha value is -3.35. The Bertz CT molecular complexity index is 1040. The summed E-state index contributed by atoms with van der Waals surface area (Å²) in [5.74, 6) is -1.09. The van der Waals surface area contributed by atoms with Crippen molar-refractivity contribution in [2.24, 2.45) is 11.8 Å². The number of carbonyl (C=O) groups excluding carboxylic acids is 2. The molecule has 7 nitrogen and oxygen atoms in total. The number of nitrogens with zero attached hydrogens (tertiary/aromatic N) is 1. The Balaban J connectivity index is 1.32. The smallest absolute Gasteiger partial charge is 0.407 e. The molecule has 2 N–H and O–H groups in total. The van der Waals surface area contributed by atoms with Crippen molar-refractivity contribution < 1.29 is 24.2 Å². The lowest BCUT2D eigenvalue weighted by atomic mass is 9.91. The molecule has 1 heterocycles. The minimum Gasteiger partial charge on any atom is -0.480 e. The Morgan fingerprint density at radius 1 is 1.03 bits per heavy atom. The van der Waals surface area contributed by atoms with E-state index >= 15 is 0 Å². The molecule has 0 bridgehead atoms. The number of carboxylic acid groups (broad SMARTS) is 1. The quantitative estimate of drug-likeness (QED) is 0.576. The summed E-state index contributed by atoms with van der Waals surface area (Å²) in [5.41, 5.74) is 4.66. The first-order chi connectivity index (χ1) is 16.9. The van der Waals surface area contributed by atoms with Crippen LogP contribution in [0.5, 0.6) is 0 Å². The van der Waals surface area contributed by atoms with Crippen LogP contribution in [0.4, 0.5) is 4.79 Å². The number of rotatable bonds is 8. The molecule has 0 saturated carbocycles. The van der Waals surface area contributed by atoms with Crippen LogP contribution in [0, 0.1) is 11.8 Å². The monoisotopic (exact) mass is 478 g/mol. The predicted molar refractivity (Wildman–Crippen MR) is 133 cm³/mol. The molecular formula is C28H34N2O5. The molecular weight excluding hydrogens is 444 g/mol. The van der Waals surface area contributed by atoms with Crippen LogP contribution in [-0.4, -0.2) is 53.7 Å². The van der Waals surface area contributed by atoms with Crippen molar-refractivity contribution in [1.29, 1.82) is 0 Å². The highest BCUT2D eigenvalue weighted by Gasteiger charge is 2.33. The number of hydrogen-bond donors (Lipinski definition) is 2. The molecule has 0 radical (unpaired) electrons. The van der Waals surface area contributed by atoms with E-state index in [1.807, 2.05) is 38.1 Å². The summed E-state index contributed by atoms with van der Waals surface area (Å²) in [6, 6.07) is 15.6. The first-order valence-electron chi connectivity index (χ1n) is 12.5. The molecule has 35 heavy (non-hydrogen) atoms. The van der Waals surface area contributed by atoms with Gasteiger partial charge >= 0.3 is 12.1 Å². The van der Waals surface area contributed by atoms with E-state index in [-0.39, 0.29) is 36.7 Å². The number of aliphatic carboxylic acids is 1. The SMILES string of the molecule is CC(C)C(CNC(=O)OCC1c2ccccc2-c2ccccc21)CC(=O)N1CCCC[C@@H]1C(=O)O. The Labute approximate surface area is 206 Å². The van der Waals surface area contributed by atoms with Crippen LogP contribution in [0.2, 0.25) is 0 Å². The van der Waals surface area contributed by atoms with Gasteiger partial charge in [-0.1, -0.05) is 62.4 Å². The molecule has 0 spiro atoms. The van der Waals surface area contributed by atoms with Gasteiger partial charge in [0.1, 0.15) is 12.6 Å². The summed E-state index contributed by atoms with van der Waals surface area (Å²) >= 11 is 0. The predicted octanol–water partition coefficient (Wildman–Crippen LogP) is 4.65. The summed E-state index contributed by atoms with van der Waals surface area (Å²) in [5, 5.41) is 12.3. The van der Waals surface area contributed by atoms with E-state index in [4.69, 9.17) is 4.74 Å². The van der Waals surface area contributed by atoms with Gasteiger partial charge in [-0.05, 0) is 53.4 Å². The number of fused-ring (bicyclic) bond motifs is 3. The van der Waals surface area contributed by atoms with Gasteiger partial charge in [-0.3, -0.25) is 4.79 Å². The first-order valence-corrected chi connectivity index (χ1v) is 12.5. The molecule has 2 aromatic carbocycles. The highest BCUT2D eigenvalue weighted by atomic mass is 16.5. The van der Waals surface area contributed by atoms with Crippen LogP contribution in [-0.2, 0) is 14.3 Å². The maximum atomic E-state index is 12.9. The summed E-state index contributed by atoms with van der Waals surface area (Å²) in [6.07, 6.45) is 1.82. The zero-order chi connectivity index (χ0) is 24.9. The average Bonchev–Trinajstić information content (AvgIpc) is 3.18. The lowest BCUT2D eigenvalue weighted by Gasteiger charge is -2.34. The van der Waals surface area contributed by atoms with E-state index in [2.05, 4.69) is 29.6 Å². The third kappa shape index (κ3) is 5.50. The molecule has 2 aromatic rings. The van der Waals surface area contributed by atoms with Crippen molar-refractivity contribution >= 4 is 18.0 Å². The summed E-state index contributed by atoms with van der Waals surface area (Å²) in [6.45, 7) is 5.01. The number of hydrogen-bond acceptors (Lipinski definition) is 4. The normalized spacial score (nSPS) is 18.0. The fourth-order valence-corrected chi connectivity index (χ4v) is 5.24. The second kappa shape index (κ2) is 10.9. The number of amides is 2. The standard InChI is InChI=1S/C28H34N2O5/c1-18(2)19(15-26(31)30-14-8-7-13-25(30)27(32)33)16-29-28(34)35-17-24-22-11-5-3-9-20(22)21-10-4-6-12-23(21)24/h3-6,9-12,18-19,24-25H,7-8,13-17H2,1-2H3,(H,29,34)(H,32,33)/t19?,25-/m1/s1. The van der Waals surface area contributed by atoms with Gasteiger partial charge in [0.2, 0.25) is 5.91 Å². The van der Waals surface area contributed by atoms with E-state index in [0.717, 1.165) is 24.0 Å². The maximum Gasteiger partial charge on any atom is 0.407 e. The minimum atomic E-state index is -0.948. The summed E-state index contributed by atoms with van der Waals surface area (Å²) in [4.78, 5) is 38.6. The van der Waals surface area contributed by atoms with Crippen molar-refractivity contribution in [3.8, 4) is 11.1 Å². The molecule has 7 heteroatoms. The third-order valence-electron chi connectivity index (χ3n) is 7.34. The second-order valence-electron chi connectivity index (χ2n) is 9.85. The Kier molecular flexibility index (Phi) is 7.73. The number of benzene rings is 2. The van der Waals surface area contributed by atoms with Gasteiger partial charge < -0.3 is 20.1 Å². The number of carboxylic acids is 1. The number of likely N-dealkylation sites (tertiary alicyclic amines) is 1. The van der Waals surface area contributed by atoms with Crippen molar-refractivity contribution in [3.63, 3.8) is 0 Å². The van der Waals surface area contributed by atoms with Gasteiger partial charge in [-0.25, -0.2) is 9.59 Å². The lowest BCUT2D eigenvalue weighted by molar-refractivity contribution is -0.152. The van der Waals surface area contributed by atoms with Crippen molar-refractivity contribution in [2.45, 2.75) is 51.5 Å². The molecule has 1 unspecified atom stereocenters. The molecule has 2 amide bonds. The zero-order valence-electron chi connectivity index (χ0n) is 20.4. The fourth-order valence-electron chi connectivity index (χ4n) is 5.24. The Morgan fingerprint density at radius 3 is 2.26 bits per heavy atom. The number of nitrogens with one attached hydrogen (secondary N) is 1. The van der Waals surface area contributed by atoms with E-state index in [1.54, 1.807) is 0 Å². The number of piperidine rings is 1. The lowest BCUT2D eigenvalue weighted by Crippen LogP contribution is -2.49. The summed E-state index contributed by atoms with van der Waals surface area (Å²) in [7, 11) is 0. The number of alkyl carbamates (subject to hydrolysis) is 1. The van der Waals surface area contributed by atoms with Gasteiger partial charge in [0.05, 0.1) is 0 Å². The highest BCUT2D eigenvalue weighted by molar-refractivity contribution is 5.84. The fraction of sp³-hybridized carbons (Fsp3) is 0.464. The molecule has 2 atom stereocenters. The zero-order valence-corrected chi connectivity index (χ0v) is 20.4. The topological polar surface area (TPSA) is 95.9 Å². The molecule has 0 aromatic heterocycles. The minimum absolute atomic E-state index is 0.0114. The highest BCUT2D eigenvalue weighted by Crippen LogP contribution is 2.44. The second-order valence-corrected chi connectivity index (χ2v) is 9.85. The van der Waals surface area contributed by atoms with E-state index in [0.29, 0.717) is 19.5 Å². The van der Waals surface area contributed by atoms with Gasteiger partial charge in [0.25, 0.3) is 0 Å². The largest absolute Gasteiger partial charge is 0.480 e. The molecule has 4 rings (SSSR count). The third-order valence-corrected chi connectivity index (χ3v) is 7.34. The van der Waals surface area contributed by atoms with Gasteiger partial charge in [0.15, 0.2) is 0 Å². The van der Waals surface area contributed by atoms with Gasteiger partial charge in [-0.2, -0.15) is 0 Å². The average molecular weight is 479 g/mol. The van der Waals surface area contributed by atoms with Crippen molar-refractivity contribution in [3.05, 3.63) is 59.7 Å². The Morgan fingerprint density at radius 2 is 1.66 bits per heavy atom. The molecule has 1 saturated heterocycles. The van der Waals surface area contributed by atoms with Crippen LogP contribution in [0.25, 0.3) is 11.1 Å². The van der Waals surface area contributed by atoms with Gasteiger partial charge in [0, 0.05) is 25.4 Å². The van der Waals surface area contributed by atoms with Crippen LogP contribution >= 0.6 is 0 Å². The number of ether oxygens (including phenoxy) is 1. The van der Waals surface area contributed by atoms with E-state index in [9.17, 15) is 19.5 Å². The first kappa shape index (κ1) is 24.8. The van der Waals surface area contributed by atoms with Crippen molar-refractivity contribution in [1.82, 2.24) is 10.2 Å². The molecule has 186 valence electrons. The van der Waals surface area contributed by atoms with Gasteiger partial charge in [-0.15, -0.1) is 0 Å². The maximum absolute atomic E-state index is 12.9. The van der Waals surface area contributed by atoms with Crippen LogP contribution in [0.3, 0.4) is 0 Å². The van der Waals surface area contributed by atoms with Crippen molar-refractivity contribution in [2.75, 3.05) is 19.7 Å². The van der Waals surface area contributed by atoms with E-state index in [1.165, 1.54) is 16.0 Å². The molecule has 1 fully saturated rings. The van der Waals surface area contributed by atoms with Crippen LogP contribution in [0.1, 0.15) is 56.6 Å². The van der Waals surface area contributed by atoms with E-state index < -0.39 is 18.1 Å². The molecule has 1 aliphatic heterocycles. The number of carbonyl (C=O) groups is 3.